The molecule has 9 nitrogen and oxygen atoms in total. The Morgan fingerprint density at radius 1 is 1.15 bits per heavy atom. The third-order valence-corrected chi connectivity index (χ3v) is 4.45. The third kappa shape index (κ3) is 4.56. The molecule has 0 aromatic carbocycles. The van der Waals surface area contributed by atoms with Gasteiger partial charge in [0.05, 0.1) is 5.56 Å². The van der Waals surface area contributed by atoms with Crippen LogP contribution in [0.1, 0.15) is 29.6 Å². The van der Waals surface area contributed by atoms with Crippen molar-refractivity contribution < 1.29 is 9.59 Å². The van der Waals surface area contributed by atoms with Crippen molar-refractivity contribution >= 4 is 17.6 Å². The summed E-state index contributed by atoms with van der Waals surface area (Å²) in [7, 11) is 0. The summed E-state index contributed by atoms with van der Waals surface area (Å²) in [5.74, 6) is 0.488. The molecule has 1 aliphatic rings. The van der Waals surface area contributed by atoms with Gasteiger partial charge >= 0.3 is 0 Å². The molecular weight excluding hydrogens is 334 g/mol. The average Bonchev–Trinajstić information content (AvgIpc) is 3.04. The summed E-state index contributed by atoms with van der Waals surface area (Å²) in [5.41, 5.74) is 5.64. The van der Waals surface area contributed by atoms with E-state index in [1.54, 1.807) is 23.1 Å². The van der Waals surface area contributed by atoms with E-state index < -0.39 is 5.91 Å². The number of primary amides is 1. The van der Waals surface area contributed by atoms with Crippen LogP contribution in [0.3, 0.4) is 0 Å². The van der Waals surface area contributed by atoms with Crippen molar-refractivity contribution in [1.29, 1.82) is 0 Å². The number of nitrogens with two attached hydrogens (primary N) is 1. The minimum atomic E-state index is -0.484. The SMILES string of the molecule is NC(=O)c1ccc(N2CCCN(C(=O)CCCn3cncn3)CC2)nc1. The smallest absolute Gasteiger partial charge is 0.250 e. The minimum absolute atomic E-state index is 0.170. The Labute approximate surface area is 151 Å². The molecule has 0 atom stereocenters. The zero-order valence-corrected chi connectivity index (χ0v) is 14.6. The van der Waals surface area contributed by atoms with Gasteiger partial charge in [-0.05, 0) is 25.0 Å². The number of hydrogen-bond acceptors (Lipinski definition) is 6. The molecule has 1 fully saturated rings. The van der Waals surface area contributed by atoms with Crippen LogP contribution in [0, 0.1) is 0 Å². The maximum Gasteiger partial charge on any atom is 0.250 e. The van der Waals surface area contributed by atoms with Gasteiger partial charge in [-0.15, -0.1) is 0 Å². The van der Waals surface area contributed by atoms with Crippen molar-refractivity contribution in [1.82, 2.24) is 24.6 Å². The molecule has 0 aliphatic carbocycles. The monoisotopic (exact) mass is 357 g/mol. The van der Waals surface area contributed by atoms with Gasteiger partial charge in [-0.25, -0.2) is 9.97 Å². The lowest BCUT2D eigenvalue weighted by Gasteiger charge is -2.23. The first kappa shape index (κ1) is 17.8. The van der Waals surface area contributed by atoms with Crippen LogP contribution in [0.15, 0.2) is 31.0 Å². The Morgan fingerprint density at radius 3 is 2.73 bits per heavy atom. The Kier molecular flexibility index (Phi) is 5.77. The predicted molar refractivity (Wildman–Crippen MR) is 95.4 cm³/mol. The molecule has 26 heavy (non-hydrogen) atoms. The minimum Gasteiger partial charge on any atom is -0.366 e. The zero-order chi connectivity index (χ0) is 18.4. The molecular formula is C17H23N7O2. The number of anilines is 1. The van der Waals surface area contributed by atoms with Crippen LogP contribution in [0.25, 0.3) is 0 Å². The van der Waals surface area contributed by atoms with Crippen molar-refractivity contribution in [2.75, 3.05) is 31.1 Å². The van der Waals surface area contributed by atoms with Crippen molar-refractivity contribution in [3.8, 4) is 0 Å². The summed E-state index contributed by atoms with van der Waals surface area (Å²) in [6.07, 6.45) is 6.79. The van der Waals surface area contributed by atoms with Crippen molar-refractivity contribution in [2.45, 2.75) is 25.8 Å². The van der Waals surface area contributed by atoms with Gasteiger partial charge in [0.15, 0.2) is 0 Å². The van der Waals surface area contributed by atoms with Crippen molar-refractivity contribution in [2.24, 2.45) is 5.73 Å². The maximum atomic E-state index is 12.4. The van der Waals surface area contributed by atoms with Crippen molar-refractivity contribution in [3.05, 3.63) is 36.5 Å². The Hall–Kier alpha value is -2.97. The largest absolute Gasteiger partial charge is 0.366 e. The third-order valence-electron chi connectivity index (χ3n) is 4.45. The Bertz CT molecular complexity index is 730. The van der Waals surface area contributed by atoms with Crippen LogP contribution in [0.4, 0.5) is 5.82 Å². The second kappa shape index (κ2) is 8.41. The first-order chi connectivity index (χ1) is 12.6. The van der Waals surface area contributed by atoms with E-state index >= 15 is 0 Å². The topological polar surface area (TPSA) is 110 Å². The molecule has 0 bridgehead atoms. The van der Waals surface area contributed by atoms with Crippen LogP contribution >= 0.6 is 0 Å². The number of amides is 2. The van der Waals surface area contributed by atoms with Gasteiger partial charge in [0.1, 0.15) is 18.5 Å². The number of carbonyl (C=O) groups is 2. The fourth-order valence-corrected chi connectivity index (χ4v) is 3.01. The lowest BCUT2D eigenvalue weighted by Crippen LogP contribution is -2.35. The van der Waals surface area contributed by atoms with E-state index in [1.165, 1.54) is 12.5 Å². The van der Waals surface area contributed by atoms with Gasteiger partial charge in [-0.1, -0.05) is 0 Å². The Morgan fingerprint density at radius 2 is 2.04 bits per heavy atom. The normalized spacial score (nSPS) is 14.9. The number of nitrogens with zero attached hydrogens (tertiary/aromatic N) is 6. The zero-order valence-electron chi connectivity index (χ0n) is 14.6. The number of hydrogen-bond donors (Lipinski definition) is 1. The molecule has 2 aromatic rings. The molecule has 2 aromatic heterocycles. The molecule has 9 heteroatoms. The molecule has 0 radical (unpaired) electrons. The standard InChI is InChI=1S/C17H23N7O2/c18-17(26)14-4-5-15(20-11-14)22-6-2-7-23(10-9-22)16(25)3-1-8-24-13-19-12-21-24/h4-5,11-13H,1-3,6-10H2,(H2,18,26). The van der Waals surface area contributed by atoms with E-state index in [1.807, 2.05) is 4.90 Å². The van der Waals surface area contributed by atoms with Gasteiger partial charge in [0.2, 0.25) is 11.8 Å². The van der Waals surface area contributed by atoms with Crippen LogP contribution in [-0.2, 0) is 11.3 Å². The summed E-state index contributed by atoms with van der Waals surface area (Å²) < 4.78 is 1.73. The summed E-state index contributed by atoms with van der Waals surface area (Å²) in [5, 5.41) is 4.04. The summed E-state index contributed by atoms with van der Waals surface area (Å²) in [4.78, 5) is 35.8. The van der Waals surface area contributed by atoms with E-state index in [9.17, 15) is 9.59 Å². The highest BCUT2D eigenvalue weighted by atomic mass is 16.2. The summed E-state index contributed by atoms with van der Waals surface area (Å²) >= 11 is 0. The van der Waals surface area contributed by atoms with Crippen LogP contribution in [0.5, 0.6) is 0 Å². The molecule has 3 rings (SSSR count). The number of aromatic nitrogens is 4. The first-order valence-corrected chi connectivity index (χ1v) is 8.74. The molecule has 1 saturated heterocycles. The molecule has 1 aliphatic heterocycles. The summed E-state index contributed by atoms with van der Waals surface area (Å²) in [6.45, 7) is 3.66. The molecule has 3 heterocycles. The maximum absolute atomic E-state index is 12.4. The second-order valence-electron chi connectivity index (χ2n) is 6.25. The molecule has 138 valence electrons. The fraction of sp³-hybridized carbons (Fsp3) is 0.471. The van der Waals surface area contributed by atoms with E-state index in [4.69, 9.17) is 5.73 Å². The van der Waals surface area contributed by atoms with E-state index in [0.717, 1.165) is 38.3 Å². The quantitative estimate of drug-likeness (QED) is 0.796. The molecule has 0 spiro atoms. The van der Waals surface area contributed by atoms with Gasteiger partial charge in [0, 0.05) is 45.3 Å². The number of pyridine rings is 1. The molecule has 2 N–H and O–H groups in total. The fourth-order valence-electron chi connectivity index (χ4n) is 3.01. The first-order valence-electron chi connectivity index (χ1n) is 8.74. The van der Waals surface area contributed by atoms with Gasteiger partial charge in [-0.2, -0.15) is 5.10 Å². The molecule has 0 saturated carbocycles. The van der Waals surface area contributed by atoms with Gasteiger partial charge in [0.25, 0.3) is 0 Å². The van der Waals surface area contributed by atoms with E-state index in [-0.39, 0.29) is 5.91 Å². The number of aryl methyl sites for hydroxylation is 1. The van der Waals surface area contributed by atoms with E-state index in [2.05, 4.69) is 20.0 Å². The summed E-state index contributed by atoms with van der Waals surface area (Å²) in [6, 6.07) is 3.48. The lowest BCUT2D eigenvalue weighted by atomic mass is 10.2. The van der Waals surface area contributed by atoms with E-state index in [0.29, 0.717) is 25.1 Å². The van der Waals surface area contributed by atoms with Crippen LogP contribution in [-0.4, -0.2) is 62.6 Å². The lowest BCUT2D eigenvalue weighted by molar-refractivity contribution is -0.131. The van der Waals surface area contributed by atoms with Crippen LogP contribution in [0.2, 0.25) is 0 Å². The highest BCUT2D eigenvalue weighted by Crippen LogP contribution is 2.15. The van der Waals surface area contributed by atoms with Gasteiger partial charge in [-0.3, -0.25) is 14.3 Å². The highest BCUT2D eigenvalue weighted by Gasteiger charge is 2.19. The van der Waals surface area contributed by atoms with Crippen molar-refractivity contribution in [3.63, 3.8) is 0 Å². The Balaban J connectivity index is 1.49. The number of carbonyl (C=O) groups excluding carboxylic acids is 2. The molecule has 2 amide bonds. The number of rotatable bonds is 6. The van der Waals surface area contributed by atoms with Crippen LogP contribution < -0.4 is 10.6 Å². The average molecular weight is 357 g/mol. The highest BCUT2D eigenvalue weighted by molar-refractivity contribution is 5.92. The predicted octanol–water partition coefficient (Wildman–Crippen LogP) is 0.291. The molecule has 0 unspecified atom stereocenters. The van der Waals surface area contributed by atoms with Gasteiger partial charge < -0.3 is 15.5 Å². The second-order valence-corrected chi connectivity index (χ2v) is 6.25.